The average Bonchev–Trinajstić information content (AvgIpc) is 2.37. The van der Waals surface area contributed by atoms with Gasteiger partial charge in [0.25, 0.3) is 0 Å². The quantitative estimate of drug-likeness (QED) is 0.754. The Hall–Kier alpha value is -1.40. The van der Waals surface area contributed by atoms with Crippen molar-refractivity contribution in [1.29, 1.82) is 0 Å². The first kappa shape index (κ1) is 18.6. The summed E-state index contributed by atoms with van der Waals surface area (Å²) in [6, 6.07) is 7.01. The molecule has 5 nitrogen and oxygen atoms in total. The monoisotopic (exact) mass is 326 g/mol. The molecule has 0 aliphatic carbocycles. The molecule has 0 fully saturated rings. The number of carbonyl (C=O) groups is 1. The van der Waals surface area contributed by atoms with Crippen molar-refractivity contribution in [3.63, 3.8) is 0 Å². The molecule has 0 aliphatic heterocycles. The van der Waals surface area contributed by atoms with Gasteiger partial charge in [-0.25, -0.2) is 8.42 Å². The Kier molecular flexibility index (Phi) is 6.56. The minimum Gasteiger partial charge on any atom is -0.326 e. The SMILES string of the molecule is CNCCCC(=O)Nc1cccc(CS(=O)(=O)C(C)(C)C)c1. The van der Waals surface area contributed by atoms with Gasteiger partial charge in [-0.15, -0.1) is 0 Å². The van der Waals surface area contributed by atoms with Gasteiger partial charge in [-0.2, -0.15) is 0 Å². The maximum Gasteiger partial charge on any atom is 0.224 e. The van der Waals surface area contributed by atoms with Crippen molar-refractivity contribution in [3.05, 3.63) is 29.8 Å². The smallest absolute Gasteiger partial charge is 0.224 e. The van der Waals surface area contributed by atoms with E-state index in [1.807, 2.05) is 7.05 Å². The van der Waals surface area contributed by atoms with Crippen molar-refractivity contribution in [2.45, 2.75) is 44.1 Å². The summed E-state index contributed by atoms with van der Waals surface area (Å²) < 4.78 is 23.7. The van der Waals surface area contributed by atoms with Crippen LogP contribution >= 0.6 is 0 Å². The second-order valence-electron chi connectivity index (χ2n) is 6.33. The molecule has 2 N–H and O–H groups in total. The van der Waals surface area contributed by atoms with Crippen LogP contribution in [0.2, 0.25) is 0 Å². The van der Waals surface area contributed by atoms with Crippen molar-refractivity contribution < 1.29 is 13.2 Å². The van der Waals surface area contributed by atoms with E-state index < -0.39 is 14.6 Å². The standard InChI is InChI=1S/C16H26N2O3S/c1-16(2,3)22(20,21)12-13-7-5-8-14(11-13)18-15(19)9-6-10-17-4/h5,7-8,11,17H,6,9-10,12H2,1-4H3,(H,18,19). The third-order valence-corrected chi connectivity index (χ3v) is 5.91. The Bertz CT molecular complexity index is 604. The zero-order valence-corrected chi connectivity index (χ0v) is 14.6. The number of hydrogen-bond acceptors (Lipinski definition) is 4. The Morgan fingerprint density at radius 1 is 1.23 bits per heavy atom. The zero-order valence-electron chi connectivity index (χ0n) is 13.8. The molecule has 0 unspecified atom stereocenters. The van der Waals surface area contributed by atoms with Gasteiger partial charge in [0, 0.05) is 12.1 Å². The number of sulfone groups is 1. The predicted molar refractivity (Wildman–Crippen MR) is 90.6 cm³/mol. The highest BCUT2D eigenvalue weighted by atomic mass is 32.2. The van der Waals surface area contributed by atoms with Crippen molar-refractivity contribution in [3.8, 4) is 0 Å². The first-order chi connectivity index (χ1) is 10.2. The van der Waals surface area contributed by atoms with Crippen LogP contribution in [0.3, 0.4) is 0 Å². The lowest BCUT2D eigenvalue weighted by molar-refractivity contribution is -0.116. The van der Waals surface area contributed by atoms with Gasteiger partial charge in [-0.3, -0.25) is 4.79 Å². The fourth-order valence-corrected chi connectivity index (χ4v) is 2.88. The average molecular weight is 326 g/mol. The van der Waals surface area contributed by atoms with Crippen LogP contribution in [0.15, 0.2) is 24.3 Å². The fourth-order valence-electron chi connectivity index (χ4n) is 1.82. The van der Waals surface area contributed by atoms with Gasteiger partial charge in [-0.1, -0.05) is 12.1 Å². The molecule has 0 aromatic heterocycles. The number of nitrogens with one attached hydrogen (secondary N) is 2. The molecule has 0 saturated carbocycles. The van der Waals surface area contributed by atoms with Crippen LogP contribution in [0.5, 0.6) is 0 Å². The predicted octanol–water partition coefficient (Wildman–Crippen LogP) is 2.34. The van der Waals surface area contributed by atoms with Gasteiger partial charge < -0.3 is 10.6 Å². The molecular weight excluding hydrogens is 300 g/mol. The van der Waals surface area contributed by atoms with Crippen molar-refractivity contribution >= 4 is 21.4 Å². The van der Waals surface area contributed by atoms with E-state index in [0.29, 0.717) is 17.7 Å². The number of amides is 1. The molecule has 0 saturated heterocycles. The maximum atomic E-state index is 12.2. The lowest BCUT2D eigenvalue weighted by Gasteiger charge is -2.19. The summed E-state index contributed by atoms with van der Waals surface area (Å²) in [4.78, 5) is 11.8. The van der Waals surface area contributed by atoms with Gasteiger partial charge in [0.1, 0.15) is 0 Å². The molecule has 0 spiro atoms. The molecule has 0 atom stereocenters. The molecule has 0 bridgehead atoms. The summed E-state index contributed by atoms with van der Waals surface area (Å²) in [6.07, 6.45) is 1.20. The second kappa shape index (κ2) is 7.74. The highest BCUT2D eigenvalue weighted by Crippen LogP contribution is 2.22. The number of benzene rings is 1. The number of carbonyl (C=O) groups excluding carboxylic acids is 1. The van der Waals surface area contributed by atoms with Gasteiger partial charge in [0.05, 0.1) is 10.5 Å². The molecule has 0 aliphatic rings. The van der Waals surface area contributed by atoms with E-state index in [0.717, 1.165) is 13.0 Å². The van der Waals surface area contributed by atoms with Crippen LogP contribution in [-0.2, 0) is 20.4 Å². The molecule has 22 heavy (non-hydrogen) atoms. The van der Waals surface area contributed by atoms with E-state index in [9.17, 15) is 13.2 Å². The zero-order chi connectivity index (χ0) is 16.8. The third-order valence-electron chi connectivity index (χ3n) is 3.33. The van der Waals surface area contributed by atoms with E-state index in [4.69, 9.17) is 0 Å². The first-order valence-corrected chi connectivity index (χ1v) is 9.06. The minimum absolute atomic E-state index is 0.0278. The molecule has 0 heterocycles. The van der Waals surface area contributed by atoms with Crippen LogP contribution in [-0.4, -0.2) is 32.7 Å². The van der Waals surface area contributed by atoms with Crippen LogP contribution in [0.1, 0.15) is 39.2 Å². The second-order valence-corrected chi connectivity index (χ2v) is 9.07. The van der Waals surface area contributed by atoms with Gasteiger partial charge in [0.2, 0.25) is 5.91 Å². The summed E-state index contributed by atoms with van der Waals surface area (Å²) in [5.41, 5.74) is 1.32. The first-order valence-electron chi connectivity index (χ1n) is 7.41. The summed E-state index contributed by atoms with van der Waals surface area (Å²) >= 11 is 0. The Morgan fingerprint density at radius 2 is 1.91 bits per heavy atom. The molecule has 124 valence electrons. The van der Waals surface area contributed by atoms with E-state index in [-0.39, 0.29) is 11.7 Å². The highest BCUT2D eigenvalue weighted by molar-refractivity contribution is 7.91. The van der Waals surface area contributed by atoms with Gasteiger partial charge in [-0.05, 0) is 58.5 Å². The summed E-state index contributed by atoms with van der Waals surface area (Å²) in [5, 5.41) is 5.79. The molecule has 1 aromatic carbocycles. The van der Waals surface area contributed by atoms with Crippen LogP contribution in [0.25, 0.3) is 0 Å². The van der Waals surface area contributed by atoms with Crippen LogP contribution in [0.4, 0.5) is 5.69 Å². The summed E-state index contributed by atoms with van der Waals surface area (Å²) in [5.74, 6) is -0.0916. The summed E-state index contributed by atoms with van der Waals surface area (Å²) in [7, 11) is -1.39. The van der Waals surface area contributed by atoms with Crippen molar-refractivity contribution in [2.75, 3.05) is 18.9 Å². The minimum atomic E-state index is -3.23. The van der Waals surface area contributed by atoms with Crippen molar-refractivity contribution in [1.82, 2.24) is 5.32 Å². The van der Waals surface area contributed by atoms with Crippen molar-refractivity contribution in [2.24, 2.45) is 0 Å². The van der Waals surface area contributed by atoms with Gasteiger partial charge >= 0.3 is 0 Å². The van der Waals surface area contributed by atoms with E-state index in [1.165, 1.54) is 0 Å². The Labute approximate surface area is 133 Å². The topological polar surface area (TPSA) is 75.3 Å². The molecule has 1 amide bonds. The lowest BCUT2D eigenvalue weighted by atomic mass is 10.2. The lowest BCUT2D eigenvalue weighted by Crippen LogP contribution is -2.29. The Morgan fingerprint density at radius 3 is 2.50 bits per heavy atom. The maximum absolute atomic E-state index is 12.2. The largest absolute Gasteiger partial charge is 0.326 e. The van der Waals surface area contributed by atoms with Crippen LogP contribution < -0.4 is 10.6 Å². The molecule has 1 rings (SSSR count). The molecule has 6 heteroatoms. The normalized spacial score (nSPS) is 12.2. The van der Waals surface area contributed by atoms with E-state index >= 15 is 0 Å². The highest BCUT2D eigenvalue weighted by Gasteiger charge is 2.28. The van der Waals surface area contributed by atoms with Gasteiger partial charge in [0.15, 0.2) is 9.84 Å². The fraction of sp³-hybridized carbons (Fsp3) is 0.562. The Balaban J connectivity index is 2.73. The summed E-state index contributed by atoms with van der Waals surface area (Å²) in [6.45, 7) is 5.86. The third kappa shape index (κ3) is 5.77. The molecule has 0 radical (unpaired) electrons. The molecular formula is C16H26N2O3S. The van der Waals surface area contributed by atoms with Crippen LogP contribution in [0, 0.1) is 0 Å². The van der Waals surface area contributed by atoms with E-state index in [1.54, 1.807) is 45.0 Å². The molecule has 1 aromatic rings. The number of rotatable bonds is 7. The van der Waals surface area contributed by atoms with E-state index in [2.05, 4.69) is 10.6 Å². The number of anilines is 1. The number of hydrogen-bond donors (Lipinski definition) is 2.